The molecule has 0 aliphatic heterocycles. The summed E-state index contributed by atoms with van der Waals surface area (Å²) in [4.78, 5) is 22.6. The van der Waals surface area contributed by atoms with Gasteiger partial charge in [-0.3, -0.25) is 0 Å². The number of hydrogen-bond donors (Lipinski definition) is 3. The number of nitrogens with zero attached hydrogens (tertiary/aromatic N) is 2. The summed E-state index contributed by atoms with van der Waals surface area (Å²) in [6.45, 7) is 0.536. The van der Waals surface area contributed by atoms with Crippen LogP contribution in [-0.2, 0) is 23.2 Å². The summed E-state index contributed by atoms with van der Waals surface area (Å²) >= 11 is 0. The van der Waals surface area contributed by atoms with Crippen molar-refractivity contribution in [2.75, 3.05) is 19.5 Å². The van der Waals surface area contributed by atoms with Gasteiger partial charge in [-0.05, 0) is 42.5 Å². The fourth-order valence-corrected chi connectivity index (χ4v) is 2.66. The zero-order valence-corrected chi connectivity index (χ0v) is 17.1. The van der Waals surface area contributed by atoms with Gasteiger partial charge in [0.05, 0.1) is 26.1 Å². The van der Waals surface area contributed by atoms with E-state index in [0.717, 1.165) is 28.3 Å². The largest absolute Gasteiger partial charge is 0.497 e. The maximum atomic E-state index is 13.1. The molecule has 0 saturated heterocycles. The van der Waals surface area contributed by atoms with E-state index in [0.29, 0.717) is 12.5 Å². The van der Waals surface area contributed by atoms with E-state index in [4.69, 9.17) is 29.3 Å². The van der Waals surface area contributed by atoms with Crippen LogP contribution in [-0.4, -0.2) is 45.9 Å². The highest BCUT2D eigenvalue weighted by Crippen LogP contribution is 2.26. The lowest BCUT2D eigenvalue weighted by molar-refractivity contribution is -0.159. The van der Waals surface area contributed by atoms with E-state index in [1.165, 1.54) is 12.1 Å². The van der Waals surface area contributed by atoms with E-state index in [1.54, 1.807) is 32.5 Å². The van der Waals surface area contributed by atoms with Crippen molar-refractivity contribution in [3.63, 3.8) is 0 Å². The number of halogens is 1. The first kappa shape index (κ1) is 23.2. The Hall–Kier alpha value is -4.08. The van der Waals surface area contributed by atoms with Crippen molar-refractivity contribution in [1.82, 2.24) is 9.55 Å². The topological polar surface area (TPSA) is 123 Å². The predicted molar refractivity (Wildman–Crippen MR) is 111 cm³/mol. The van der Waals surface area contributed by atoms with Crippen molar-refractivity contribution >= 4 is 17.9 Å². The molecule has 0 unspecified atom stereocenters. The molecular formula is C21H22FN3O6. The van der Waals surface area contributed by atoms with Crippen LogP contribution < -0.4 is 14.8 Å². The van der Waals surface area contributed by atoms with Gasteiger partial charge in [0, 0.05) is 24.7 Å². The van der Waals surface area contributed by atoms with Crippen LogP contribution in [0.15, 0.2) is 48.7 Å². The summed E-state index contributed by atoms with van der Waals surface area (Å²) in [5.74, 6) is -1.64. The zero-order chi connectivity index (χ0) is 23.0. The molecule has 0 spiro atoms. The summed E-state index contributed by atoms with van der Waals surface area (Å²) in [7, 11) is 5.18. The van der Waals surface area contributed by atoms with Crippen molar-refractivity contribution in [3.8, 4) is 22.8 Å². The molecule has 2 aromatic carbocycles. The van der Waals surface area contributed by atoms with Crippen LogP contribution in [0.3, 0.4) is 0 Å². The molecule has 0 saturated carbocycles. The molecule has 10 heteroatoms. The fourth-order valence-electron chi connectivity index (χ4n) is 2.66. The summed E-state index contributed by atoms with van der Waals surface area (Å²) in [5, 5.41) is 18.1. The number of hydrogen-bond acceptors (Lipinski definition) is 6. The minimum atomic E-state index is -1.82. The lowest BCUT2D eigenvalue weighted by Gasteiger charge is -2.12. The van der Waals surface area contributed by atoms with Gasteiger partial charge in [-0.15, -0.1) is 0 Å². The Bertz CT molecular complexity index is 1040. The van der Waals surface area contributed by atoms with Crippen molar-refractivity contribution in [2.45, 2.75) is 6.54 Å². The van der Waals surface area contributed by atoms with Gasteiger partial charge >= 0.3 is 11.9 Å². The third-order valence-corrected chi connectivity index (χ3v) is 4.24. The van der Waals surface area contributed by atoms with Gasteiger partial charge in [-0.1, -0.05) is 0 Å². The smallest absolute Gasteiger partial charge is 0.414 e. The first-order chi connectivity index (χ1) is 14.8. The highest BCUT2D eigenvalue weighted by molar-refractivity contribution is 6.27. The van der Waals surface area contributed by atoms with Crippen LogP contribution >= 0.6 is 0 Å². The standard InChI is InChI=1S/C19H20FN3O2.C2H2O4/c1-23-17(13-4-6-15(20)7-5-13)12-22-19(23)21-11-14-10-16(24-2)8-9-18(14)25-3;3-1(4)2(5)6/h4-10,12H,11H2,1-3H3,(H,21,22);(H,3,4)(H,5,6). The van der Waals surface area contributed by atoms with E-state index < -0.39 is 11.9 Å². The first-order valence-electron chi connectivity index (χ1n) is 8.95. The van der Waals surface area contributed by atoms with Crippen LogP contribution in [0.25, 0.3) is 11.3 Å². The molecule has 1 heterocycles. The summed E-state index contributed by atoms with van der Waals surface area (Å²) in [6, 6.07) is 12.0. The molecule has 0 fully saturated rings. The molecule has 1 aromatic heterocycles. The number of carboxylic acids is 2. The van der Waals surface area contributed by atoms with Gasteiger partial charge < -0.3 is 29.6 Å². The Morgan fingerprint density at radius 1 is 1.06 bits per heavy atom. The van der Waals surface area contributed by atoms with Gasteiger partial charge in [0.2, 0.25) is 5.95 Å². The Labute approximate surface area is 177 Å². The second kappa shape index (κ2) is 10.6. The van der Waals surface area contributed by atoms with E-state index in [1.807, 2.05) is 29.8 Å². The van der Waals surface area contributed by atoms with Gasteiger partial charge in [-0.25, -0.2) is 19.0 Å². The maximum absolute atomic E-state index is 13.1. The van der Waals surface area contributed by atoms with Crippen LogP contribution in [0.4, 0.5) is 10.3 Å². The van der Waals surface area contributed by atoms with Crippen molar-refractivity contribution in [1.29, 1.82) is 0 Å². The second-order valence-corrected chi connectivity index (χ2v) is 6.17. The van der Waals surface area contributed by atoms with Gasteiger partial charge in [0.15, 0.2) is 0 Å². The lowest BCUT2D eigenvalue weighted by Crippen LogP contribution is -2.09. The Kier molecular flexibility index (Phi) is 7.95. The fraction of sp³-hybridized carbons (Fsp3) is 0.190. The van der Waals surface area contributed by atoms with Crippen LogP contribution in [0, 0.1) is 5.82 Å². The van der Waals surface area contributed by atoms with Gasteiger partial charge in [0.25, 0.3) is 0 Å². The maximum Gasteiger partial charge on any atom is 0.414 e. The Morgan fingerprint density at radius 3 is 2.26 bits per heavy atom. The quantitative estimate of drug-likeness (QED) is 0.509. The molecule has 0 aliphatic carbocycles. The number of nitrogens with one attached hydrogen (secondary N) is 1. The third-order valence-electron chi connectivity index (χ3n) is 4.24. The van der Waals surface area contributed by atoms with Crippen LogP contribution in [0.1, 0.15) is 5.56 Å². The lowest BCUT2D eigenvalue weighted by atomic mass is 10.1. The number of aromatic nitrogens is 2. The number of imidazole rings is 1. The number of carboxylic acid groups (broad SMARTS) is 2. The number of carbonyl (C=O) groups is 2. The minimum absolute atomic E-state index is 0.255. The Balaban J connectivity index is 0.000000501. The molecule has 3 rings (SSSR count). The average Bonchev–Trinajstić information content (AvgIpc) is 3.13. The second-order valence-electron chi connectivity index (χ2n) is 6.17. The predicted octanol–water partition coefficient (Wildman–Crippen LogP) is 3.01. The van der Waals surface area contributed by atoms with Crippen molar-refractivity contribution in [2.24, 2.45) is 7.05 Å². The van der Waals surface area contributed by atoms with Crippen LogP contribution in [0.2, 0.25) is 0 Å². The molecule has 3 aromatic rings. The highest BCUT2D eigenvalue weighted by atomic mass is 19.1. The highest BCUT2D eigenvalue weighted by Gasteiger charge is 2.10. The molecule has 31 heavy (non-hydrogen) atoms. The minimum Gasteiger partial charge on any atom is -0.497 e. The number of methoxy groups -OCH3 is 2. The van der Waals surface area contributed by atoms with E-state index in [9.17, 15) is 4.39 Å². The molecule has 9 nitrogen and oxygen atoms in total. The molecule has 0 aliphatic rings. The van der Waals surface area contributed by atoms with Crippen molar-refractivity contribution in [3.05, 3.63) is 60.0 Å². The number of benzene rings is 2. The summed E-state index contributed by atoms with van der Waals surface area (Å²) in [6.07, 6.45) is 1.76. The van der Waals surface area contributed by atoms with E-state index in [-0.39, 0.29) is 5.82 Å². The first-order valence-corrected chi connectivity index (χ1v) is 8.95. The molecule has 0 amide bonds. The van der Waals surface area contributed by atoms with Gasteiger partial charge in [0.1, 0.15) is 17.3 Å². The van der Waals surface area contributed by atoms with Crippen molar-refractivity contribution < 1.29 is 33.7 Å². The Morgan fingerprint density at radius 2 is 1.71 bits per heavy atom. The molecule has 0 bridgehead atoms. The number of rotatable bonds is 6. The SMILES string of the molecule is COc1ccc(OC)c(CNc2ncc(-c3ccc(F)cc3)n2C)c1.O=C(O)C(=O)O. The monoisotopic (exact) mass is 431 g/mol. The van der Waals surface area contributed by atoms with Gasteiger partial charge in [-0.2, -0.15) is 0 Å². The average molecular weight is 431 g/mol. The number of ether oxygens (including phenoxy) is 2. The number of anilines is 1. The summed E-state index contributed by atoms with van der Waals surface area (Å²) in [5.41, 5.74) is 2.77. The third kappa shape index (κ3) is 6.20. The molecule has 0 atom stereocenters. The summed E-state index contributed by atoms with van der Waals surface area (Å²) < 4.78 is 25.7. The molecule has 3 N–H and O–H groups in total. The van der Waals surface area contributed by atoms with E-state index in [2.05, 4.69) is 10.3 Å². The molecule has 164 valence electrons. The molecular weight excluding hydrogens is 409 g/mol. The van der Waals surface area contributed by atoms with Crippen LogP contribution in [0.5, 0.6) is 11.5 Å². The zero-order valence-electron chi connectivity index (χ0n) is 17.1. The number of aliphatic carboxylic acids is 2. The normalized spacial score (nSPS) is 9.94. The molecule has 0 radical (unpaired) electrons. The van der Waals surface area contributed by atoms with E-state index >= 15 is 0 Å².